The minimum absolute atomic E-state index is 0.141. The van der Waals surface area contributed by atoms with Crippen molar-refractivity contribution in [3.8, 4) is 5.75 Å². The SMILES string of the molecule is ClCc1cccc(Cl)c1OCOCc1ccccc1. The van der Waals surface area contributed by atoms with Crippen LogP contribution < -0.4 is 4.74 Å². The van der Waals surface area contributed by atoms with Crippen molar-refractivity contribution >= 4 is 23.2 Å². The van der Waals surface area contributed by atoms with E-state index in [0.717, 1.165) is 11.1 Å². The van der Waals surface area contributed by atoms with Gasteiger partial charge in [-0.1, -0.05) is 54.1 Å². The summed E-state index contributed by atoms with van der Waals surface area (Å²) in [5.41, 5.74) is 1.96. The number of ether oxygens (including phenoxy) is 2. The van der Waals surface area contributed by atoms with E-state index in [4.69, 9.17) is 32.7 Å². The summed E-state index contributed by atoms with van der Waals surface area (Å²) in [6.45, 7) is 0.643. The van der Waals surface area contributed by atoms with Gasteiger partial charge in [0.1, 0.15) is 5.75 Å². The van der Waals surface area contributed by atoms with E-state index in [9.17, 15) is 0 Å². The molecule has 0 spiro atoms. The fourth-order valence-corrected chi connectivity index (χ4v) is 2.11. The molecule has 0 amide bonds. The molecule has 2 rings (SSSR count). The van der Waals surface area contributed by atoms with Crippen molar-refractivity contribution in [3.05, 3.63) is 64.7 Å². The summed E-state index contributed by atoms with van der Waals surface area (Å²) in [6, 6.07) is 15.4. The maximum atomic E-state index is 6.06. The largest absolute Gasteiger partial charge is 0.466 e. The number of alkyl halides is 1. The van der Waals surface area contributed by atoms with E-state index in [-0.39, 0.29) is 6.79 Å². The number of hydrogen-bond donors (Lipinski definition) is 0. The molecule has 0 radical (unpaired) electrons. The first-order valence-electron chi connectivity index (χ1n) is 5.89. The molecular weight excluding hydrogens is 283 g/mol. The Morgan fingerprint density at radius 3 is 2.47 bits per heavy atom. The van der Waals surface area contributed by atoms with Crippen LogP contribution in [0.1, 0.15) is 11.1 Å². The summed E-state index contributed by atoms with van der Waals surface area (Å²) < 4.78 is 11.0. The zero-order valence-corrected chi connectivity index (χ0v) is 11.8. The van der Waals surface area contributed by atoms with E-state index < -0.39 is 0 Å². The van der Waals surface area contributed by atoms with Gasteiger partial charge in [-0.15, -0.1) is 11.6 Å². The molecule has 0 saturated carbocycles. The highest BCUT2D eigenvalue weighted by atomic mass is 35.5. The summed E-state index contributed by atoms with van der Waals surface area (Å²) in [5.74, 6) is 0.946. The van der Waals surface area contributed by atoms with Gasteiger partial charge in [0.25, 0.3) is 0 Å². The fourth-order valence-electron chi connectivity index (χ4n) is 1.65. The minimum Gasteiger partial charge on any atom is -0.466 e. The highest BCUT2D eigenvalue weighted by molar-refractivity contribution is 6.32. The van der Waals surface area contributed by atoms with Crippen LogP contribution >= 0.6 is 23.2 Å². The minimum atomic E-state index is 0.141. The predicted octanol–water partition coefficient (Wildman–Crippen LogP) is 4.63. The van der Waals surface area contributed by atoms with Crippen molar-refractivity contribution in [1.82, 2.24) is 0 Å². The monoisotopic (exact) mass is 296 g/mol. The summed E-state index contributed by atoms with van der Waals surface area (Å²) >= 11 is 11.9. The smallest absolute Gasteiger partial charge is 0.189 e. The van der Waals surface area contributed by atoms with Crippen molar-refractivity contribution in [3.63, 3.8) is 0 Å². The van der Waals surface area contributed by atoms with Crippen molar-refractivity contribution in [2.45, 2.75) is 12.5 Å². The number of rotatable bonds is 6. The van der Waals surface area contributed by atoms with Gasteiger partial charge in [0.05, 0.1) is 17.5 Å². The second kappa shape index (κ2) is 7.39. The number of benzene rings is 2. The molecule has 0 unspecified atom stereocenters. The van der Waals surface area contributed by atoms with Gasteiger partial charge in [-0.2, -0.15) is 0 Å². The van der Waals surface area contributed by atoms with Gasteiger partial charge in [0.2, 0.25) is 0 Å². The topological polar surface area (TPSA) is 18.5 Å². The quantitative estimate of drug-likeness (QED) is 0.439. The lowest BCUT2D eigenvalue weighted by atomic mass is 10.2. The number of hydrogen-bond acceptors (Lipinski definition) is 2. The summed E-state index contributed by atoms with van der Waals surface area (Å²) in [6.07, 6.45) is 0. The third-order valence-electron chi connectivity index (χ3n) is 2.59. The molecule has 0 atom stereocenters. The standard InChI is InChI=1S/C15H14Cl2O2/c16-9-13-7-4-8-14(17)15(13)19-11-18-10-12-5-2-1-3-6-12/h1-8H,9-11H2. The first-order chi connectivity index (χ1) is 9.31. The van der Waals surface area contributed by atoms with Gasteiger partial charge < -0.3 is 9.47 Å². The van der Waals surface area contributed by atoms with Gasteiger partial charge in [-0.05, 0) is 11.6 Å². The highest BCUT2D eigenvalue weighted by Crippen LogP contribution is 2.29. The highest BCUT2D eigenvalue weighted by Gasteiger charge is 2.07. The van der Waals surface area contributed by atoms with Crippen LogP contribution in [0.15, 0.2) is 48.5 Å². The average Bonchev–Trinajstić information content (AvgIpc) is 2.46. The van der Waals surface area contributed by atoms with E-state index in [0.29, 0.717) is 23.3 Å². The Labute approximate surface area is 122 Å². The average molecular weight is 297 g/mol. The van der Waals surface area contributed by atoms with Crippen molar-refractivity contribution in [1.29, 1.82) is 0 Å². The Bertz CT molecular complexity index is 515. The molecule has 0 aromatic heterocycles. The maximum Gasteiger partial charge on any atom is 0.189 e. The third-order valence-corrected chi connectivity index (χ3v) is 3.18. The normalized spacial score (nSPS) is 10.4. The molecule has 0 N–H and O–H groups in total. The lowest BCUT2D eigenvalue weighted by Crippen LogP contribution is -2.04. The number of halogens is 2. The molecule has 2 aromatic carbocycles. The van der Waals surface area contributed by atoms with Crippen molar-refractivity contribution in [2.75, 3.05) is 6.79 Å². The second-order valence-corrected chi connectivity index (χ2v) is 4.63. The van der Waals surface area contributed by atoms with Gasteiger partial charge in [-0.3, -0.25) is 0 Å². The van der Waals surface area contributed by atoms with Crippen LogP contribution in [-0.4, -0.2) is 6.79 Å². The van der Waals surface area contributed by atoms with Crippen LogP contribution in [0, 0.1) is 0 Å². The molecular formula is C15H14Cl2O2. The molecule has 2 aromatic rings. The molecule has 0 heterocycles. The van der Waals surface area contributed by atoms with Crippen LogP contribution in [0.3, 0.4) is 0 Å². The second-order valence-electron chi connectivity index (χ2n) is 3.96. The van der Waals surface area contributed by atoms with Gasteiger partial charge >= 0.3 is 0 Å². The van der Waals surface area contributed by atoms with Crippen LogP contribution in [0.25, 0.3) is 0 Å². The molecule has 2 nitrogen and oxygen atoms in total. The molecule has 0 aliphatic heterocycles. The Kier molecular flexibility index (Phi) is 5.52. The molecule has 100 valence electrons. The molecule has 0 bridgehead atoms. The third kappa shape index (κ3) is 4.13. The van der Waals surface area contributed by atoms with E-state index in [1.54, 1.807) is 6.07 Å². The zero-order valence-electron chi connectivity index (χ0n) is 10.3. The van der Waals surface area contributed by atoms with Crippen LogP contribution in [0.2, 0.25) is 5.02 Å². The fraction of sp³-hybridized carbons (Fsp3) is 0.200. The van der Waals surface area contributed by atoms with Crippen molar-refractivity contribution in [2.24, 2.45) is 0 Å². The Hall–Kier alpha value is -1.22. The van der Waals surface area contributed by atoms with Gasteiger partial charge in [0.15, 0.2) is 6.79 Å². The Balaban J connectivity index is 1.86. The Morgan fingerprint density at radius 1 is 0.947 bits per heavy atom. The zero-order chi connectivity index (χ0) is 13.5. The molecule has 19 heavy (non-hydrogen) atoms. The lowest BCUT2D eigenvalue weighted by Gasteiger charge is -2.11. The molecule has 0 aliphatic carbocycles. The van der Waals surface area contributed by atoms with E-state index in [1.807, 2.05) is 42.5 Å². The first kappa shape index (κ1) is 14.2. The summed E-state index contributed by atoms with van der Waals surface area (Å²) in [4.78, 5) is 0. The summed E-state index contributed by atoms with van der Waals surface area (Å²) in [5, 5.41) is 0.543. The molecule has 0 aliphatic rings. The molecule has 4 heteroatoms. The number of para-hydroxylation sites is 1. The van der Waals surface area contributed by atoms with Crippen LogP contribution in [-0.2, 0) is 17.2 Å². The first-order valence-corrected chi connectivity index (χ1v) is 6.80. The summed E-state index contributed by atoms with van der Waals surface area (Å²) in [7, 11) is 0. The maximum absolute atomic E-state index is 6.06. The van der Waals surface area contributed by atoms with E-state index in [2.05, 4.69) is 0 Å². The van der Waals surface area contributed by atoms with Gasteiger partial charge in [-0.25, -0.2) is 0 Å². The molecule has 0 fully saturated rings. The lowest BCUT2D eigenvalue weighted by molar-refractivity contribution is 0.00470. The van der Waals surface area contributed by atoms with Crippen LogP contribution in [0.4, 0.5) is 0 Å². The van der Waals surface area contributed by atoms with Crippen molar-refractivity contribution < 1.29 is 9.47 Å². The van der Waals surface area contributed by atoms with Crippen LogP contribution in [0.5, 0.6) is 5.75 Å². The molecule has 0 saturated heterocycles. The Morgan fingerprint density at radius 2 is 1.74 bits per heavy atom. The van der Waals surface area contributed by atoms with Gasteiger partial charge in [0, 0.05) is 5.56 Å². The van der Waals surface area contributed by atoms with E-state index >= 15 is 0 Å². The predicted molar refractivity (Wildman–Crippen MR) is 77.7 cm³/mol. The van der Waals surface area contributed by atoms with E-state index in [1.165, 1.54) is 0 Å².